The summed E-state index contributed by atoms with van der Waals surface area (Å²) in [5.74, 6) is -0.155. The van der Waals surface area contributed by atoms with E-state index in [1.165, 1.54) is 12.1 Å². The summed E-state index contributed by atoms with van der Waals surface area (Å²) in [6, 6.07) is 15.7. The number of rotatable bonds is 9. The molecule has 2 aromatic carbocycles. The Bertz CT molecular complexity index is 835. The molecule has 0 unspecified atom stereocenters. The van der Waals surface area contributed by atoms with Gasteiger partial charge in [0.05, 0.1) is 4.90 Å². The number of carbonyl (C=O) groups excluding carboxylic acids is 1. The van der Waals surface area contributed by atoms with Crippen molar-refractivity contribution < 1.29 is 13.2 Å². The maximum atomic E-state index is 12.8. The first-order valence-corrected chi connectivity index (χ1v) is 10.5. The van der Waals surface area contributed by atoms with Crippen molar-refractivity contribution in [3.05, 3.63) is 65.7 Å². The van der Waals surface area contributed by atoms with Gasteiger partial charge in [0.25, 0.3) is 5.91 Å². The summed E-state index contributed by atoms with van der Waals surface area (Å²) in [4.78, 5) is 14.6. The summed E-state index contributed by atoms with van der Waals surface area (Å²) in [6.07, 6.45) is 0.733. The van der Waals surface area contributed by atoms with Crippen LogP contribution in [0.4, 0.5) is 0 Å². The van der Waals surface area contributed by atoms with Crippen molar-refractivity contribution in [2.75, 3.05) is 19.6 Å². The lowest BCUT2D eigenvalue weighted by atomic mass is 10.1. The molecule has 0 saturated heterocycles. The van der Waals surface area contributed by atoms with Crippen molar-refractivity contribution in [2.45, 2.75) is 31.2 Å². The highest BCUT2D eigenvalue weighted by Gasteiger charge is 2.18. The molecule has 146 valence electrons. The number of sulfonamides is 1. The van der Waals surface area contributed by atoms with Gasteiger partial charge in [-0.25, -0.2) is 13.1 Å². The molecule has 0 aliphatic carbocycles. The molecule has 3 N–H and O–H groups in total. The summed E-state index contributed by atoms with van der Waals surface area (Å²) in [7, 11) is -3.57. The molecular weight excluding hydrogens is 362 g/mol. The van der Waals surface area contributed by atoms with Gasteiger partial charge in [0.15, 0.2) is 0 Å². The molecule has 1 amide bonds. The number of benzene rings is 2. The van der Waals surface area contributed by atoms with Crippen LogP contribution in [0.3, 0.4) is 0 Å². The lowest BCUT2D eigenvalue weighted by Gasteiger charge is -2.22. The predicted molar refractivity (Wildman–Crippen MR) is 107 cm³/mol. The molecule has 0 bridgehead atoms. The summed E-state index contributed by atoms with van der Waals surface area (Å²) in [5.41, 5.74) is 7.25. The van der Waals surface area contributed by atoms with Crippen LogP contribution in [0, 0.1) is 0 Å². The minimum absolute atomic E-state index is 0.141. The number of amides is 1. The lowest BCUT2D eigenvalue weighted by Crippen LogP contribution is -2.37. The van der Waals surface area contributed by atoms with Gasteiger partial charge in [0, 0.05) is 31.2 Å². The van der Waals surface area contributed by atoms with Gasteiger partial charge < -0.3 is 10.6 Å². The Labute approximate surface area is 161 Å². The van der Waals surface area contributed by atoms with E-state index in [0.29, 0.717) is 25.2 Å². The molecule has 2 rings (SSSR count). The second-order valence-corrected chi connectivity index (χ2v) is 8.33. The van der Waals surface area contributed by atoms with E-state index >= 15 is 0 Å². The standard InChI is InChI=1S/C20H27N3O3S/c1-16(2)22-27(25,26)19-10-8-18(9-11-19)20(24)23(15-13-21)14-12-17-6-4-3-5-7-17/h3-11,16,22H,12-15,21H2,1-2H3. The fraction of sp³-hybridized carbons (Fsp3) is 0.350. The van der Waals surface area contributed by atoms with Crippen LogP contribution in [0.1, 0.15) is 29.8 Å². The van der Waals surface area contributed by atoms with Gasteiger partial charge in [0.2, 0.25) is 10.0 Å². The Hall–Kier alpha value is -2.22. The smallest absolute Gasteiger partial charge is 0.253 e. The van der Waals surface area contributed by atoms with Crippen LogP contribution in [-0.4, -0.2) is 44.9 Å². The SMILES string of the molecule is CC(C)NS(=O)(=O)c1ccc(C(=O)N(CCN)CCc2ccccc2)cc1. The van der Waals surface area contributed by atoms with Crippen LogP contribution in [0.2, 0.25) is 0 Å². The Morgan fingerprint density at radius 1 is 1.04 bits per heavy atom. The fourth-order valence-electron chi connectivity index (χ4n) is 2.72. The second kappa shape index (κ2) is 9.64. The van der Waals surface area contributed by atoms with E-state index < -0.39 is 10.0 Å². The normalized spacial score (nSPS) is 11.6. The van der Waals surface area contributed by atoms with Gasteiger partial charge in [0.1, 0.15) is 0 Å². The number of nitrogens with zero attached hydrogens (tertiary/aromatic N) is 1. The van der Waals surface area contributed by atoms with E-state index in [9.17, 15) is 13.2 Å². The van der Waals surface area contributed by atoms with E-state index in [1.54, 1.807) is 30.9 Å². The average molecular weight is 390 g/mol. The van der Waals surface area contributed by atoms with Crippen molar-refractivity contribution in [3.63, 3.8) is 0 Å². The maximum absolute atomic E-state index is 12.8. The molecule has 0 radical (unpaired) electrons. The highest BCUT2D eigenvalue weighted by atomic mass is 32.2. The monoisotopic (exact) mass is 389 g/mol. The van der Waals surface area contributed by atoms with Crippen LogP contribution >= 0.6 is 0 Å². The molecule has 2 aromatic rings. The molecule has 0 fully saturated rings. The zero-order chi connectivity index (χ0) is 19.9. The quantitative estimate of drug-likeness (QED) is 0.686. The van der Waals surface area contributed by atoms with E-state index in [-0.39, 0.29) is 16.8 Å². The molecule has 0 aromatic heterocycles. The topological polar surface area (TPSA) is 92.5 Å². The summed E-state index contributed by atoms with van der Waals surface area (Å²) in [5, 5.41) is 0. The fourth-order valence-corrected chi connectivity index (χ4v) is 3.97. The van der Waals surface area contributed by atoms with Crippen molar-refractivity contribution in [1.82, 2.24) is 9.62 Å². The molecule has 27 heavy (non-hydrogen) atoms. The minimum Gasteiger partial charge on any atom is -0.337 e. The van der Waals surface area contributed by atoms with E-state index in [2.05, 4.69) is 4.72 Å². The van der Waals surface area contributed by atoms with E-state index in [4.69, 9.17) is 5.73 Å². The molecular formula is C20H27N3O3S. The molecule has 0 aliphatic rings. The highest BCUT2D eigenvalue weighted by Crippen LogP contribution is 2.13. The Kier molecular flexibility index (Phi) is 7.53. The summed E-state index contributed by atoms with van der Waals surface area (Å²) in [6.45, 7) is 4.88. The van der Waals surface area contributed by atoms with Gasteiger partial charge in [-0.2, -0.15) is 0 Å². The molecule has 0 spiro atoms. The van der Waals surface area contributed by atoms with Gasteiger partial charge >= 0.3 is 0 Å². The highest BCUT2D eigenvalue weighted by molar-refractivity contribution is 7.89. The van der Waals surface area contributed by atoms with Crippen LogP contribution in [0.25, 0.3) is 0 Å². The third-order valence-electron chi connectivity index (χ3n) is 4.00. The number of nitrogens with two attached hydrogens (primary N) is 1. The summed E-state index contributed by atoms with van der Waals surface area (Å²) < 4.78 is 26.9. The largest absolute Gasteiger partial charge is 0.337 e. The Morgan fingerprint density at radius 2 is 1.67 bits per heavy atom. The maximum Gasteiger partial charge on any atom is 0.253 e. The minimum atomic E-state index is -3.57. The lowest BCUT2D eigenvalue weighted by molar-refractivity contribution is 0.0762. The van der Waals surface area contributed by atoms with Gasteiger partial charge in [-0.3, -0.25) is 4.79 Å². The molecule has 0 aliphatic heterocycles. The van der Waals surface area contributed by atoms with Crippen LogP contribution in [0.5, 0.6) is 0 Å². The molecule has 7 heteroatoms. The zero-order valence-corrected chi connectivity index (χ0v) is 16.6. The molecule has 0 atom stereocenters. The number of hydrogen-bond donors (Lipinski definition) is 2. The van der Waals surface area contributed by atoms with E-state index in [0.717, 1.165) is 12.0 Å². The number of carbonyl (C=O) groups is 1. The molecule has 0 saturated carbocycles. The van der Waals surface area contributed by atoms with Crippen molar-refractivity contribution in [2.24, 2.45) is 5.73 Å². The first kappa shape index (κ1) is 21.1. The Morgan fingerprint density at radius 3 is 2.22 bits per heavy atom. The van der Waals surface area contributed by atoms with Crippen molar-refractivity contribution >= 4 is 15.9 Å². The summed E-state index contributed by atoms with van der Waals surface area (Å²) >= 11 is 0. The third kappa shape index (κ3) is 6.16. The third-order valence-corrected chi connectivity index (χ3v) is 5.68. The zero-order valence-electron chi connectivity index (χ0n) is 15.8. The molecule has 0 heterocycles. The second-order valence-electron chi connectivity index (χ2n) is 6.62. The first-order chi connectivity index (χ1) is 12.8. The average Bonchev–Trinajstić information content (AvgIpc) is 2.64. The predicted octanol–water partition coefficient (Wildman–Crippen LogP) is 2.02. The number of hydrogen-bond acceptors (Lipinski definition) is 4. The van der Waals surface area contributed by atoms with Crippen molar-refractivity contribution in [3.8, 4) is 0 Å². The van der Waals surface area contributed by atoms with Crippen molar-refractivity contribution in [1.29, 1.82) is 0 Å². The Balaban J connectivity index is 2.10. The van der Waals surface area contributed by atoms with Gasteiger partial charge in [-0.15, -0.1) is 0 Å². The number of nitrogens with one attached hydrogen (secondary N) is 1. The van der Waals surface area contributed by atoms with Crippen LogP contribution in [0.15, 0.2) is 59.5 Å². The van der Waals surface area contributed by atoms with Crippen LogP contribution < -0.4 is 10.5 Å². The van der Waals surface area contributed by atoms with Gasteiger partial charge in [-0.1, -0.05) is 30.3 Å². The van der Waals surface area contributed by atoms with Gasteiger partial charge in [-0.05, 0) is 50.1 Å². The molecule has 6 nitrogen and oxygen atoms in total. The van der Waals surface area contributed by atoms with Crippen LogP contribution in [-0.2, 0) is 16.4 Å². The van der Waals surface area contributed by atoms with E-state index in [1.807, 2.05) is 30.3 Å². The first-order valence-electron chi connectivity index (χ1n) is 8.99.